The van der Waals surface area contributed by atoms with E-state index in [0.717, 1.165) is 0 Å². The van der Waals surface area contributed by atoms with Crippen molar-refractivity contribution in [3.05, 3.63) is 105 Å². The average Bonchev–Trinajstić information content (AvgIpc) is 2.67. The van der Waals surface area contributed by atoms with Crippen LogP contribution in [0.15, 0.2) is 66.7 Å². The highest BCUT2D eigenvalue weighted by Gasteiger charge is 2.30. The van der Waals surface area contributed by atoms with Crippen LogP contribution in [-0.4, -0.2) is 16.7 Å². The second-order valence-corrected chi connectivity index (χ2v) is 6.92. The van der Waals surface area contributed by atoms with E-state index in [9.17, 15) is 14.7 Å². The molecule has 27 heavy (non-hydrogen) atoms. The number of ketones is 2. The molecule has 5 heteroatoms. The lowest BCUT2D eigenvalue weighted by Crippen LogP contribution is -2.16. The molecule has 0 spiro atoms. The maximum absolute atomic E-state index is 12.9. The first-order chi connectivity index (χ1) is 13.0. The number of carbonyl (C=O) groups excluding carboxylic acids is 2. The molecule has 0 heterocycles. The third kappa shape index (κ3) is 2.95. The zero-order valence-corrected chi connectivity index (χ0v) is 15.4. The summed E-state index contributed by atoms with van der Waals surface area (Å²) in [7, 11) is 0. The standard InChI is InChI=1S/C22H12Cl2O3/c23-18-9-8-15-17(11-19(26)12-4-3-5-13(25)10-12)14-6-1-2-7-16(14)22(27)20(15)21(18)24/h1-11,25H/b17-11+. The molecule has 0 atom stereocenters. The van der Waals surface area contributed by atoms with Crippen LogP contribution >= 0.6 is 23.2 Å². The van der Waals surface area contributed by atoms with Crippen molar-refractivity contribution in [2.75, 3.05) is 0 Å². The molecule has 1 aliphatic rings. The highest BCUT2D eigenvalue weighted by molar-refractivity contribution is 6.45. The van der Waals surface area contributed by atoms with Gasteiger partial charge in [0.2, 0.25) is 0 Å². The van der Waals surface area contributed by atoms with Gasteiger partial charge in [0.15, 0.2) is 11.6 Å². The maximum Gasteiger partial charge on any atom is 0.195 e. The smallest absolute Gasteiger partial charge is 0.195 e. The first-order valence-electron chi connectivity index (χ1n) is 8.15. The van der Waals surface area contributed by atoms with E-state index < -0.39 is 0 Å². The molecule has 3 aromatic rings. The molecule has 0 amide bonds. The zero-order chi connectivity index (χ0) is 19.1. The predicted octanol–water partition coefficient (Wildman–Crippen LogP) is 5.56. The molecule has 4 rings (SSSR count). The lowest BCUT2D eigenvalue weighted by atomic mass is 9.80. The third-order valence-electron chi connectivity index (χ3n) is 4.48. The molecule has 0 saturated carbocycles. The maximum atomic E-state index is 12.9. The van der Waals surface area contributed by atoms with Gasteiger partial charge in [-0.2, -0.15) is 0 Å². The van der Waals surface area contributed by atoms with Crippen molar-refractivity contribution < 1.29 is 14.7 Å². The van der Waals surface area contributed by atoms with Crippen LogP contribution in [0.3, 0.4) is 0 Å². The highest BCUT2D eigenvalue weighted by atomic mass is 35.5. The van der Waals surface area contributed by atoms with Crippen molar-refractivity contribution in [2.24, 2.45) is 0 Å². The molecule has 0 radical (unpaired) electrons. The van der Waals surface area contributed by atoms with Crippen molar-refractivity contribution in [3.63, 3.8) is 0 Å². The van der Waals surface area contributed by atoms with Crippen LogP contribution in [0.5, 0.6) is 5.75 Å². The van der Waals surface area contributed by atoms with Gasteiger partial charge in [0.05, 0.1) is 15.6 Å². The van der Waals surface area contributed by atoms with Gasteiger partial charge >= 0.3 is 0 Å². The van der Waals surface area contributed by atoms with Crippen molar-refractivity contribution in [2.45, 2.75) is 0 Å². The fraction of sp³-hybridized carbons (Fsp3) is 0. The molecule has 1 N–H and O–H groups in total. The number of hydrogen-bond donors (Lipinski definition) is 1. The lowest BCUT2D eigenvalue weighted by molar-refractivity contribution is 0.103. The monoisotopic (exact) mass is 394 g/mol. The number of benzene rings is 3. The van der Waals surface area contributed by atoms with Crippen LogP contribution in [-0.2, 0) is 0 Å². The molecule has 0 unspecified atom stereocenters. The minimum absolute atomic E-state index is 0.00805. The molecule has 3 nitrogen and oxygen atoms in total. The number of halogens is 2. The Labute approximate surface area is 165 Å². The van der Waals surface area contributed by atoms with Gasteiger partial charge in [-0.05, 0) is 41.0 Å². The molecule has 0 fully saturated rings. The number of phenolic OH excluding ortho intramolecular Hbond substituents is 1. The van der Waals surface area contributed by atoms with Crippen molar-refractivity contribution >= 4 is 40.3 Å². The average molecular weight is 395 g/mol. The van der Waals surface area contributed by atoms with E-state index >= 15 is 0 Å². The summed E-state index contributed by atoms with van der Waals surface area (Å²) in [5, 5.41) is 10.1. The normalized spacial score (nSPS) is 14.0. The Hall–Kier alpha value is -2.88. The Morgan fingerprint density at radius 1 is 0.889 bits per heavy atom. The summed E-state index contributed by atoms with van der Waals surface area (Å²) in [5.74, 6) is -0.508. The van der Waals surface area contributed by atoms with Crippen molar-refractivity contribution in [1.29, 1.82) is 0 Å². The molecular formula is C22H12Cl2O3. The zero-order valence-electron chi connectivity index (χ0n) is 13.9. The minimum atomic E-state index is -0.290. The molecule has 0 saturated heterocycles. The predicted molar refractivity (Wildman–Crippen MR) is 106 cm³/mol. The quantitative estimate of drug-likeness (QED) is 0.357. The molecule has 132 valence electrons. The van der Waals surface area contributed by atoms with Gasteiger partial charge in [-0.15, -0.1) is 0 Å². The number of aromatic hydroxyl groups is 1. The van der Waals surface area contributed by atoms with Crippen LogP contribution in [0.1, 0.15) is 37.4 Å². The second-order valence-electron chi connectivity index (χ2n) is 6.13. The van der Waals surface area contributed by atoms with Gasteiger partial charge in [0.1, 0.15) is 5.75 Å². The summed E-state index contributed by atoms with van der Waals surface area (Å²) in [4.78, 5) is 25.7. The lowest BCUT2D eigenvalue weighted by Gasteiger charge is -2.22. The highest BCUT2D eigenvalue weighted by Crippen LogP contribution is 2.41. The first kappa shape index (κ1) is 17.5. The van der Waals surface area contributed by atoms with E-state index in [0.29, 0.717) is 27.8 Å². The SMILES string of the molecule is O=C(/C=C1\c2ccccc2C(=O)c2c1ccc(Cl)c2Cl)c1cccc(O)c1. The molecule has 3 aromatic carbocycles. The van der Waals surface area contributed by atoms with Crippen LogP contribution in [0, 0.1) is 0 Å². The molecule has 0 aromatic heterocycles. The molecule has 0 aliphatic heterocycles. The van der Waals surface area contributed by atoms with E-state index in [-0.39, 0.29) is 32.9 Å². The van der Waals surface area contributed by atoms with Crippen LogP contribution in [0.25, 0.3) is 5.57 Å². The molecule has 0 bridgehead atoms. The Kier molecular flexibility index (Phi) is 4.34. The van der Waals surface area contributed by atoms with E-state index in [4.69, 9.17) is 23.2 Å². The second kappa shape index (κ2) is 6.69. The summed E-state index contributed by atoms with van der Waals surface area (Å²) in [5.41, 5.74) is 2.90. The van der Waals surface area contributed by atoms with E-state index in [1.807, 2.05) is 0 Å². The number of phenols is 1. The minimum Gasteiger partial charge on any atom is -0.508 e. The van der Waals surface area contributed by atoms with Gasteiger partial charge in [0.25, 0.3) is 0 Å². The van der Waals surface area contributed by atoms with Crippen LogP contribution in [0.2, 0.25) is 10.0 Å². The summed E-state index contributed by atoms with van der Waals surface area (Å²) in [6, 6.07) is 16.5. The number of fused-ring (bicyclic) bond motifs is 2. The number of allylic oxidation sites excluding steroid dienone is 1. The summed E-state index contributed by atoms with van der Waals surface area (Å²) >= 11 is 12.4. The summed E-state index contributed by atoms with van der Waals surface area (Å²) in [6.07, 6.45) is 1.46. The fourth-order valence-corrected chi connectivity index (χ4v) is 3.63. The third-order valence-corrected chi connectivity index (χ3v) is 5.28. The largest absolute Gasteiger partial charge is 0.508 e. The van der Waals surface area contributed by atoms with Crippen LogP contribution < -0.4 is 0 Å². The number of carbonyl (C=O) groups is 2. The van der Waals surface area contributed by atoms with Crippen molar-refractivity contribution in [1.82, 2.24) is 0 Å². The van der Waals surface area contributed by atoms with Gasteiger partial charge < -0.3 is 5.11 Å². The Bertz CT molecular complexity index is 1150. The van der Waals surface area contributed by atoms with E-state index in [2.05, 4.69) is 0 Å². The first-order valence-corrected chi connectivity index (χ1v) is 8.90. The summed E-state index contributed by atoms with van der Waals surface area (Å²) < 4.78 is 0. The topological polar surface area (TPSA) is 54.4 Å². The fourth-order valence-electron chi connectivity index (χ4n) is 3.22. The number of rotatable bonds is 2. The Balaban J connectivity index is 1.96. The Morgan fingerprint density at radius 3 is 2.37 bits per heavy atom. The van der Waals surface area contributed by atoms with Crippen molar-refractivity contribution in [3.8, 4) is 5.75 Å². The van der Waals surface area contributed by atoms with E-state index in [1.54, 1.807) is 48.5 Å². The van der Waals surface area contributed by atoms with Gasteiger partial charge in [-0.3, -0.25) is 9.59 Å². The number of hydrogen-bond acceptors (Lipinski definition) is 3. The van der Waals surface area contributed by atoms with Gasteiger partial charge in [0, 0.05) is 11.1 Å². The van der Waals surface area contributed by atoms with Gasteiger partial charge in [-0.25, -0.2) is 0 Å². The van der Waals surface area contributed by atoms with E-state index in [1.165, 1.54) is 18.2 Å². The van der Waals surface area contributed by atoms with Gasteiger partial charge in [-0.1, -0.05) is 65.7 Å². The Morgan fingerprint density at radius 2 is 1.63 bits per heavy atom. The molecule has 1 aliphatic carbocycles. The summed E-state index contributed by atoms with van der Waals surface area (Å²) in [6.45, 7) is 0. The molecular weight excluding hydrogens is 383 g/mol. The van der Waals surface area contributed by atoms with Crippen LogP contribution in [0.4, 0.5) is 0 Å².